The summed E-state index contributed by atoms with van der Waals surface area (Å²) in [6.45, 7) is 3.42. The average Bonchev–Trinajstić information content (AvgIpc) is 3.35. The molecule has 9 heteroatoms. The Morgan fingerprint density at radius 3 is 2.77 bits per heavy atom. The van der Waals surface area contributed by atoms with Crippen molar-refractivity contribution in [2.45, 2.75) is 30.6 Å². The number of aliphatic carboxylic acids is 1. The molecule has 30 heavy (non-hydrogen) atoms. The molecule has 3 aliphatic heterocycles. The van der Waals surface area contributed by atoms with Gasteiger partial charge in [0.2, 0.25) is 5.91 Å². The van der Waals surface area contributed by atoms with Crippen molar-refractivity contribution < 1.29 is 29.3 Å². The van der Waals surface area contributed by atoms with Crippen LogP contribution in [0.3, 0.4) is 0 Å². The Kier molecular flexibility index (Phi) is 5.34. The quantitative estimate of drug-likeness (QED) is 0.626. The van der Waals surface area contributed by atoms with Crippen LogP contribution in [-0.2, 0) is 19.1 Å². The molecular weight excluding hydrogens is 412 g/mol. The standard InChI is InChI=1S/C21H23ClN2O6/c1-2-9-23(13-6-4-3-5-12(13)22)19(27)17-21-8-7-14(30-21)15(20(28)29)16(21)18(26)24(17)10-11-25/h2-6,14-17,25H,1,7-11H2,(H,28,29)/t14-,15+,16-,17?,21?/m0/s1. The second-order valence-electron chi connectivity index (χ2n) is 7.84. The Bertz CT molecular complexity index is 907. The largest absolute Gasteiger partial charge is 0.481 e. The van der Waals surface area contributed by atoms with Gasteiger partial charge < -0.3 is 24.7 Å². The summed E-state index contributed by atoms with van der Waals surface area (Å²) in [5, 5.41) is 19.6. The molecule has 2 N–H and O–H groups in total. The van der Waals surface area contributed by atoms with Crippen LogP contribution in [0, 0.1) is 11.8 Å². The van der Waals surface area contributed by atoms with Crippen molar-refractivity contribution >= 4 is 35.1 Å². The minimum Gasteiger partial charge on any atom is -0.481 e. The van der Waals surface area contributed by atoms with Crippen molar-refractivity contribution in [3.05, 3.63) is 41.9 Å². The summed E-state index contributed by atoms with van der Waals surface area (Å²) >= 11 is 6.33. The van der Waals surface area contributed by atoms with Crippen molar-refractivity contribution in [1.29, 1.82) is 0 Å². The summed E-state index contributed by atoms with van der Waals surface area (Å²) < 4.78 is 6.10. The van der Waals surface area contributed by atoms with E-state index in [9.17, 15) is 24.6 Å². The zero-order valence-corrected chi connectivity index (χ0v) is 17.0. The third kappa shape index (κ3) is 2.85. The molecule has 5 atom stereocenters. The number of rotatable bonds is 7. The molecule has 4 rings (SSSR count). The Balaban J connectivity index is 1.79. The highest BCUT2D eigenvalue weighted by atomic mass is 35.5. The number of ether oxygens (including phenoxy) is 1. The Hall–Kier alpha value is -2.42. The highest BCUT2D eigenvalue weighted by molar-refractivity contribution is 6.34. The van der Waals surface area contributed by atoms with Crippen LogP contribution in [0.2, 0.25) is 5.02 Å². The van der Waals surface area contributed by atoms with Crippen molar-refractivity contribution in [2.24, 2.45) is 11.8 Å². The van der Waals surface area contributed by atoms with Gasteiger partial charge in [0.15, 0.2) is 0 Å². The van der Waals surface area contributed by atoms with Crippen molar-refractivity contribution in [3.8, 4) is 0 Å². The predicted octanol–water partition coefficient (Wildman–Crippen LogP) is 1.31. The van der Waals surface area contributed by atoms with Crippen molar-refractivity contribution in [2.75, 3.05) is 24.6 Å². The first kappa shape index (κ1) is 20.8. The molecule has 3 aliphatic rings. The summed E-state index contributed by atoms with van der Waals surface area (Å²) in [5.74, 6) is -3.95. The molecule has 160 valence electrons. The van der Waals surface area contributed by atoms with E-state index in [1.54, 1.807) is 30.3 Å². The number of carboxylic acids is 1. The van der Waals surface area contributed by atoms with E-state index in [0.29, 0.717) is 23.6 Å². The fourth-order valence-corrected chi connectivity index (χ4v) is 5.55. The van der Waals surface area contributed by atoms with E-state index in [1.165, 1.54) is 9.80 Å². The van der Waals surface area contributed by atoms with Gasteiger partial charge in [0, 0.05) is 13.1 Å². The fourth-order valence-electron chi connectivity index (χ4n) is 5.32. The maximum absolute atomic E-state index is 13.8. The van der Waals surface area contributed by atoms with Gasteiger partial charge in [-0.25, -0.2) is 0 Å². The van der Waals surface area contributed by atoms with E-state index in [4.69, 9.17) is 16.3 Å². The number of anilines is 1. The smallest absolute Gasteiger partial charge is 0.310 e. The number of aliphatic hydroxyl groups excluding tert-OH is 1. The Labute approximate surface area is 178 Å². The number of halogens is 1. The maximum Gasteiger partial charge on any atom is 0.310 e. The number of aliphatic hydroxyl groups is 1. The molecule has 3 fully saturated rings. The lowest BCUT2D eigenvalue weighted by atomic mass is 9.70. The molecule has 1 aromatic carbocycles. The number of amides is 2. The third-order valence-electron chi connectivity index (χ3n) is 6.38. The van der Waals surface area contributed by atoms with Gasteiger partial charge in [0.05, 0.1) is 35.3 Å². The van der Waals surface area contributed by atoms with Gasteiger partial charge in [-0.3, -0.25) is 14.4 Å². The minimum absolute atomic E-state index is 0.0850. The van der Waals surface area contributed by atoms with Crippen LogP contribution < -0.4 is 4.90 Å². The van der Waals surface area contributed by atoms with Crippen LogP contribution in [0.1, 0.15) is 12.8 Å². The van der Waals surface area contributed by atoms with Crippen LogP contribution in [0.25, 0.3) is 0 Å². The van der Waals surface area contributed by atoms with Gasteiger partial charge >= 0.3 is 5.97 Å². The van der Waals surface area contributed by atoms with E-state index in [2.05, 4.69) is 6.58 Å². The number of fused-ring (bicyclic) bond motifs is 1. The number of carbonyl (C=O) groups excluding carboxylic acids is 2. The zero-order valence-electron chi connectivity index (χ0n) is 16.2. The molecule has 0 aromatic heterocycles. The highest BCUT2D eigenvalue weighted by Crippen LogP contribution is 2.58. The van der Waals surface area contributed by atoms with Gasteiger partial charge in [-0.05, 0) is 25.0 Å². The molecule has 2 unspecified atom stereocenters. The fraction of sp³-hybridized carbons (Fsp3) is 0.476. The molecule has 3 heterocycles. The lowest BCUT2D eigenvalue weighted by molar-refractivity contribution is -0.149. The molecular formula is C21H23ClN2O6. The van der Waals surface area contributed by atoms with Crippen molar-refractivity contribution in [3.63, 3.8) is 0 Å². The summed E-state index contributed by atoms with van der Waals surface area (Å²) in [6, 6.07) is 5.79. The predicted molar refractivity (Wildman–Crippen MR) is 108 cm³/mol. The van der Waals surface area contributed by atoms with Crippen LogP contribution in [0.5, 0.6) is 0 Å². The molecule has 0 saturated carbocycles. The molecule has 1 aromatic rings. The van der Waals surface area contributed by atoms with Crippen LogP contribution in [-0.4, -0.2) is 70.3 Å². The van der Waals surface area contributed by atoms with Gasteiger partial charge in [-0.15, -0.1) is 6.58 Å². The number of carboxylic acid groups (broad SMARTS) is 1. The molecule has 8 nitrogen and oxygen atoms in total. The molecule has 2 bridgehead atoms. The lowest BCUT2D eigenvalue weighted by Crippen LogP contribution is -2.56. The first-order valence-corrected chi connectivity index (χ1v) is 10.2. The van der Waals surface area contributed by atoms with E-state index >= 15 is 0 Å². The van der Waals surface area contributed by atoms with Crippen LogP contribution in [0.4, 0.5) is 5.69 Å². The molecule has 1 spiro atoms. The number of nitrogens with zero attached hydrogens (tertiary/aromatic N) is 2. The molecule has 3 saturated heterocycles. The molecule has 0 radical (unpaired) electrons. The van der Waals surface area contributed by atoms with Gasteiger partial charge in [-0.2, -0.15) is 0 Å². The number of para-hydroxylation sites is 1. The van der Waals surface area contributed by atoms with Gasteiger partial charge in [0.25, 0.3) is 5.91 Å². The first-order chi connectivity index (χ1) is 14.4. The summed E-state index contributed by atoms with van der Waals surface area (Å²) in [7, 11) is 0. The number of hydrogen-bond donors (Lipinski definition) is 2. The summed E-state index contributed by atoms with van der Waals surface area (Å²) in [5.41, 5.74) is -0.764. The zero-order chi connectivity index (χ0) is 21.6. The minimum atomic E-state index is -1.22. The number of hydrogen-bond acceptors (Lipinski definition) is 5. The SMILES string of the molecule is C=CCN(C(=O)C1N(CCO)C(=O)[C@@H]2[C@H](C(=O)O)[C@@H]3CCC12O3)c1ccccc1Cl. The van der Waals surface area contributed by atoms with E-state index in [1.807, 2.05) is 0 Å². The van der Waals surface area contributed by atoms with E-state index in [-0.39, 0.29) is 19.7 Å². The summed E-state index contributed by atoms with van der Waals surface area (Å²) in [4.78, 5) is 41.7. The second kappa shape index (κ2) is 7.68. The van der Waals surface area contributed by atoms with Crippen molar-refractivity contribution in [1.82, 2.24) is 4.90 Å². The van der Waals surface area contributed by atoms with Crippen LogP contribution >= 0.6 is 11.6 Å². The Morgan fingerprint density at radius 1 is 1.40 bits per heavy atom. The number of benzene rings is 1. The number of likely N-dealkylation sites (tertiary alicyclic amines) is 1. The third-order valence-corrected chi connectivity index (χ3v) is 6.70. The second-order valence-corrected chi connectivity index (χ2v) is 8.25. The number of β-amino-alcohol motifs (C(OH)–C–C–N with tert-alkyl or cyclic N) is 1. The topological polar surface area (TPSA) is 107 Å². The normalized spacial score (nSPS) is 31.7. The van der Waals surface area contributed by atoms with E-state index < -0.39 is 47.4 Å². The molecule has 0 aliphatic carbocycles. The van der Waals surface area contributed by atoms with Gasteiger partial charge in [-0.1, -0.05) is 29.8 Å². The molecule has 2 amide bonds. The van der Waals surface area contributed by atoms with E-state index in [0.717, 1.165) is 0 Å². The highest BCUT2D eigenvalue weighted by Gasteiger charge is 2.74. The number of carbonyl (C=O) groups is 3. The van der Waals surface area contributed by atoms with Crippen LogP contribution in [0.15, 0.2) is 36.9 Å². The maximum atomic E-state index is 13.8. The lowest BCUT2D eigenvalue weighted by Gasteiger charge is -2.36. The monoisotopic (exact) mass is 434 g/mol. The summed E-state index contributed by atoms with van der Waals surface area (Å²) in [6.07, 6.45) is 1.82. The first-order valence-electron chi connectivity index (χ1n) is 9.86. The van der Waals surface area contributed by atoms with Gasteiger partial charge in [0.1, 0.15) is 11.6 Å². The average molecular weight is 435 g/mol. The Morgan fingerprint density at radius 2 is 2.13 bits per heavy atom.